The number of benzene rings is 2. The maximum Gasteiger partial charge on any atom is 0.315 e. The van der Waals surface area contributed by atoms with E-state index in [2.05, 4.69) is 15.6 Å². The van der Waals surface area contributed by atoms with Gasteiger partial charge in [0.1, 0.15) is 0 Å². The third-order valence-corrected chi connectivity index (χ3v) is 4.73. The Kier molecular flexibility index (Phi) is 5.65. The number of rotatable bonds is 4. The lowest BCUT2D eigenvalue weighted by molar-refractivity contribution is -0.136. The zero-order valence-corrected chi connectivity index (χ0v) is 15.5. The number of aromatic nitrogens is 1. The number of hydrogen-bond donors (Lipinski definition) is 2. The van der Waals surface area contributed by atoms with E-state index in [1.807, 2.05) is 54.8 Å². The Morgan fingerprint density at radius 3 is 2.42 bits per heavy atom. The Bertz CT molecular complexity index is 910. The molecule has 1 atom stereocenters. The molecule has 0 fully saturated rings. The minimum atomic E-state index is -0.746. The molecule has 26 heavy (non-hydrogen) atoms. The van der Waals surface area contributed by atoms with Crippen LogP contribution in [0.15, 0.2) is 60.0 Å². The molecule has 2 amide bonds. The van der Waals surface area contributed by atoms with Crippen LogP contribution in [0.5, 0.6) is 0 Å². The van der Waals surface area contributed by atoms with E-state index in [9.17, 15) is 9.59 Å². The van der Waals surface area contributed by atoms with Crippen molar-refractivity contribution in [1.82, 2.24) is 10.3 Å². The average Bonchev–Trinajstić information content (AvgIpc) is 3.11. The molecule has 0 aliphatic carbocycles. The van der Waals surface area contributed by atoms with Crippen molar-refractivity contribution in [3.05, 3.63) is 70.6 Å². The summed E-state index contributed by atoms with van der Waals surface area (Å²) in [5.74, 6) is -1.45. The maximum atomic E-state index is 12.1. The molecule has 0 aliphatic rings. The smallest absolute Gasteiger partial charge is 0.315 e. The lowest BCUT2D eigenvalue weighted by Gasteiger charge is -2.13. The van der Waals surface area contributed by atoms with Crippen LogP contribution in [0.2, 0.25) is 5.02 Å². The van der Waals surface area contributed by atoms with E-state index in [-0.39, 0.29) is 6.04 Å². The van der Waals surface area contributed by atoms with E-state index in [1.54, 1.807) is 12.1 Å². The van der Waals surface area contributed by atoms with E-state index in [0.717, 1.165) is 11.1 Å². The molecule has 0 saturated carbocycles. The minimum absolute atomic E-state index is 0.268. The van der Waals surface area contributed by atoms with E-state index in [1.165, 1.54) is 11.3 Å². The molecule has 0 spiro atoms. The second-order valence-corrected chi connectivity index (χ2v) is 6.90. The molecule has 1 aromatic heterocycles. The predicted octanol–water partition coefficient (Wildman–Crippen LogP) is 4.28. The van der Waals surface area contributed by atoms with Gasteiger partial charge in [-0.2, -0.15) is 0 Å². The monoisotopic (exact) mass is 385 g/mol. The molecular formula is C19H16ClN3O2S. The molecule has 132 valence electrons. The molecule has 0 bridgehead atoms. The molecule has 1 heterocycles. The first-order valence-corrected chi connectivity index (χ1v) is 9.17. The fraction of sp³-hybridized carbons (Fsp3) is 0.105. The van der Waals surface area contributed by atoms with E-state index < -0.39 is 11.8 Å². The fourth-order valence-corrected chi connectivity index (χ4v) is 3.17. The molecular weight excluding hydrogens is 370 g/mol. The van der Waals surface area contributed by atoms with Crippen molar-refractivity contribution in [2.24, 2.45) is 0 Å². The van der Waals surface area contributed by atoms with Gasteiger partial charge >= 0.3 is 11.8 Å². The maximum absolute atomic E-state index is 12.1. The van der Waals surface area contributed by atoms with Crippen molar-refractivity contribution in [2.45, 2.75) is 13.0 Å². The number of thiazole rings is 1. The molecule has 5 nitrogen and oxygen atoms in total. The Morgan fingerprint density at radius 2 is 1.73 bits per heavy atom. The minimum Gasteiger partial charge on any atom is -0.341 e. The van der Waals surface area contributed by atoms with Gasteiger partial charge in [0.05, 0.1) is 11.7 Å². The second kappa shape index (κ2) is 8.12. The number of carbonyl (C=O) groups excluding carboxylic acids is 2. The zero-order chi connectivity index (χ0) is 18.5. The number of halogens is 1. The van der Waals surface area contributed by atoms with E-state index in [4.69, 9.17) is 11.6 Å². The summed E-state index contributed by atoms with van der Waals surface area (Å²) in [5.41, 5.74) is 2.52. The third-order valence-electron chi connectivity index (χ3n) is 3.72. The predicted molar refractivity (Wildman–Crippen MR) is 104 cm³/mol. The van der Waals surface area contributed by atoms with E-state index >= 15 is 0 Å². The second-order valence-electron chi connectivity index (χ2n) is 5.60. The van der Waals surface area contributed by atoms with Crippen LogP contribution in [-0.2, 0) is 9.59 Å². The van der Waals surface area contributed by atoms with E-state index in [0.29, 0.717) is 15.8 Å². The Balaban J connectivity index is 1.61. The lowest BCUT2D eigenvalue weighted by Crippen LogP contribution is -2.36. The van der Waals surface area contributed by atoms with Gasteiger partial charge in [-0.25, -0.2) is 4.98 Å². The van der Waals surface area contributed by atoms with Crippen LogP contribution in [0.4, 0.5) is 5.13 Å². The third kappa shape index (κ3) is 4.47. The number of hydrogen-bond acceptors (Lipinski definition) is 4. The molecule has 7 heteroatoms. The Hall–Kier alpha value is -2.70. The highest BCUT2D eigenvalue weighted by Gasteiger charge is 2.18. The van der Waals surface area contributed by atoms with Crippen LogP contribution in [0.25, 0.3) is 11.3 Å². The van der Waals surface area contributed by atoms with Gasteiger partial charge in [0.25, 0.3) is 0 Å². The van der Waals surface area contributed by atoms with Gasteiger partial charge in [-0.05, 0) is 24.6 Å². The van der Waals surface area contributed by atoms with Crippen molar-refractivity contribution in [3.8, 4) is 11.3 Å². The summed E-state index contributed by atoms with van der Waals surface area (Å²) in [4.78, 5) is 28.5. The average molecular weight is 386 g/mol. The van der Waals surface area contributed by atoms with Gasteiger partial charge in [0, 0.05) is 16.0 Å². The van der Waals surface area contributed by atoms with Gasteiger partial charge in [-0.15, -0.1) is 11.3 Å². The summed E-state index contributed by atoms with van der Waals surface area (Å²) < 4.78 is 0. The molecule has 0 unspecified atom stereocenters. The molecule has 0 aliphatic heterocycles. The van der Waals surface area contributed by atoms with Gasteiger partial charge in [-0.3, -0.25) is 14.9 Å². The van der Waals surface area contributed by atoms with Crippen molar-refractivity contribution >= 4 is 39.9 Å². The summed E-state index contributed by atoms with van der Waals surface area (Å²) in [6, 6.07) is 16.4. The Labute approximate surface area is 160 Å². The van der Waals surface area contributed by atoms with Crippen LogP contribution in [-0.4, -0.2) is 16.8 Å². The highest BCUT2D eigenvalue weighted by molar-refractivity contribution is 7.14. The number of nitrogens with one attached hydrogen (secondary N) is 2. The first-order valence-electron chi connectivity index (χ1n) is 7.91. The summed E-state index contributed by atoms with van der Waals surface area (Å²) in [5, 5.41) is 8.02. The van der Waals surface area contributed by atoms with Gasteiger partial charge in [0.15, 0.2) is 5.13 Å². The molecule has 2 aromatic carbocycles. The van der Waals surface area contributed by atoms with Crippen molar-refractivity contribution in [3.63, 3.8) is 0 Å². The number of anilines is 1. The van der Waals surface area contributed by atoms with Gasteiger partial charge in [-0.1, -0.05) is 54.1 Å². The molecule has 2 N–H and O–H groups in total. The molecule has 3 aromatic rings. The molecule has 3 rings (SSSR count). The van der Waals surface area contributed by atoms with Gasteiger partial charge in [0.2, 0.25) is 0 Å². The largest absolute Gasteiger partial charge is 0.341 e. The fourth-order valence-electron chi connectivity index (χ4n) is 2.33. The van der Waals surface area contributed by atoms with Crippen molar-refractivity contribution in [2.75, 3.05) is 5.32 Å². The van der Waals surface area contributed by atoms with Crippen LogP contribution in [0.3, 0.4) is 0 Å². The zero-order valence-electron chi connectivity index (χ0n) is 13.9. The highest BCUT2D eigenvalue weighted by Crippen LogP contribution is 2.26. The topological polar surface area (TPSA) is 71.1 Å². The highest BCUT2D eigenvalue weighted by atomic mass is 35.5. The van der Waals surface area contributed by atoms with Crippen LogP contribution in [0, 0.1) is 0 Å². The number of amides is 2. The quantitative estimate of drug-likeness (QED) is 0.658. The van der Waals surface area contributed by atoms with Gasteiger partial charge < -0.3 is 5.32 Å². The molecule has 0 saturated heterocycles. The lowest BCUT2D eigenvalue weighted by atomic mass is 10.1. The number of nitrogens with zero attached hydrogens (tertiary/aromatic N) is 1. The summed E-state index contributed by atoms with van der Waals surface area (Å²) in [7, 11) is 0. The Morgan fingerprint density at radius 1 is 1.04 bits per heavy atom. The first kappa shape index (κ1) is 18.1. The van der Waals surface area contributed by atoms with Crippen LogP contribution in [0.1, 0.15) is 18.5 Å². The first-order chi connectivity index (χ1) is 12.5. The normalized spacial score (nSPS) is 11.6. The number of carbonyl (C=O) groups is 2. The summed E-state index contributed by atoms with van der Waals surface area (Å²) >= 11 is 7.13. The summed E-state index contributed by atoms with van der Waals surface area (Å²) in [6.45, 7) is 1.82. The standard InChI is InChI=1S/C19H16ClN3O2S/c1-12(13-5-3-2-4-6-13)21-17(24)18(25)23-19-22-16(11-26-19)14-7-9-15(20)10-8-14/h2-12H,1H3,(H,21,24)(H,22,23,25)/t12-/m1/s1. The SMILES string of the molecule is C[C@@H](NC(=O)C(=O)Nc1nc(-c2ccc(Cl)cc2)cs1)c1ccccc1. The van der Waals surface area contributed by atoms with Crippen molar-refractivity contribution in [1.29, 1.82) is 0 Å². The summed E-state index contributed by atoms with van der Waals surface area (Å²) in [6.07, 6.45) is 0. The molecule has 0 radical (unpaired) electrons. The van der Waals surface area contributed by atoms with Crippen LogP contribution < -0.4 is 10.6 Å². The van der Waals surface area contributed by atoms with Crippen LogP contribution >= 0.6 is 22.9 Å². The van der Waals surface area contributed by atoms with Crippen molar-refractivity contribution < 1.29 is 9.59 Å².